The van der Waals surface area contributed by atoms with Crippen LogP contribution in [0.4, 0.5) is 5.69 Å². The number of benzene rings is 1. The molecule has 0 aliphatic carbocycles. The van der Waals surface area contributed by atoms with Crippen LogP contribution in [0.5, 0.6) is 0 Å². The number of carbonyl (C=O) groups excluding carboxylic acids is 3. The van der Waals surface area contributed by atoms with Gasteiger partial charge in [-0.25, -0.2) is 0 Å². The molecule has 7 atom stereocenters. The summed E-state index contributed by atoms with van der Waals surface area (Å²) in [6, 6.07) is 8.29. The molecule has 3 unspecified atom stereocenters. The van der Waals surface area contributed by atoms with Crippen molar-refractivity contribution in [2.45, 2.75) is 75.5 Å². The van der Waals surface area contributed by atoms with E-state index in [1.807, 2.05) is 35.2 Å². The molecule has 1 spiro atoms. The number of thioether (sulfide) groups is 1. The third kappa shape index (κ3) is 5.50. The highest BCUT2D eigenvalue weighted by Crippen LogP contribution is 2.69. The number of likely N-dealkylation sites (tertiary alicyclic amines) is 1. The van der Waals surface area contributed by atoms with Gasteiger partial charge in [-0.1, -0.05) is 64.5 Å². The number of hydrogen-bond donors (Lipinski definition) is 1. The van der Waals surface area contributed by atoms with Crippen LogP contribution in [-0.4, -0.2) is 80.9 Å². The van der Waals surface area contributed by atoms with Crippen molar-refractivity contribution in [3.63, 3.8) is 0 Å². The van der Waals surface area contributed by atoms with Crippen LogP contribution >= 0.6 is 11.8 Å². The van der Waals surface area contributed by atoms with Crippen LogP contribution in [0.15, 0.2) is 55.6 Å². The Hall–Kier alpha value is -2.58. The predicted octanol–water partition coefficient (Wildman–Crippen LogP) is 4.76. The van der Waals surface area contributed by atoms with E-state index in [1.165, 1.54) is 0 Å². The van der Waals surface area contributed by atoms with Crippen LogP contribution in [0, 0.1) is 23.7 Å². The summed E-state index contributed by atoms with van der Waals surface area (Å²) < 4.78 is -0.730. The first-order chi connectivity index (χ1) is 19.7. The zero-order valence-electron chi connectivity index (χ0n) is 25.1. The average Bonchev–Trinajstić information content (AvgIpc) is 3.56. The molecule has 0 radical (unpaired) electrons. The van der Waals surface area contributed by atoms with Crippen LogP contribution in [0.1, 0.15) is 53.4 Å². The quantitative estimate of drug-likeness (QED) is 0.321. The summed E-state index contributed by atoms with van der Waals surface area (Å²) in [5.41, 5.74) is 0.770. The number of para-hydroxylation sites is 1. The number of carbonyl (C=O) groups is 3. The number of amides is 3. The van der Waals surface area contributed by atoms with E-state index in [2.05, 4.69) is 40.9 Å². The maximum atomic E-state index is 14.7. The van der Waals surface area contributed by atoms with E-state index in [9.17, 15) is 19.5 Å². The Balaban J connectivity index is 1.82. The van der Waals surface area contributed by atoms with E-state index in [-0.39, 0.29) is 41.4 Å². The van der Waals surface area contributed by atoms with Crippen LogP contribution in [-0.2, 0) is 14.4 Å². The molecule has 2 bridgehead atoms. The number of aliphatic hydroxyl groups is 1. The summed E-state index contributed by atoms with van der Waals surface area (Å²) in [5, 5.41) is 10.5. The molecule has 3 amide bonds. The number of nitrogens with zero attached hydrogens (tertiary/aromatic N) is 3. The van der Waals surface area contributed by atoms with E-state index in [4.69, 9.17) is 0 Å². The third-order valence-corrected chi connectivity index (χ3v) is 11.2. The Morgan fingerprint density at radius 3 is 2.44 bits per heavy atom. The first-order valence-corrected chi connectivity index (χ1v) is 16.0. The van der Waals surface area contributed by atoms with Crippen molar-refractivity contribution in [2.75, 3.05) is 31.1 Å². The highest BCUT2D eigenvalue weighted by atomic mass is 32.2. The summed E-state index contributed by atoms with van der Waals surface area (Å²) in [6.45, 7) is 17.2. The molecule has 0 aromatic heterocycles. The summed E-state index contributed by atoms with van der Waals surface area (Å²) >= 11 is 1.68. The van der Waals surface area contributed by atoms with Gasteiger partial charge in [0.1, 0.15) is 6.04 Å². The van der Waals surface area contributed by atoms with Crippen molar-refractivity contribution < 1.29 is 19.5 Å². The zero-order valence-corrected chi connectivity index (χ0v) is 25.9. The fourth-order valence-corrected chi connectivity index (χ4v) is 9.84. The minimum Gasteiger partial charge on any atom is -0.394 e. The van der Waals surface area contributed by atoms with Gasteiger partial charge in [-0.15, -0.1) is 24.9 Å². The maximum Gasteiger partial charge on any atom is 0.247 e. The second-order valence-corrected chi connectivity index (χ2v) is 13.8. The standard InChI is InChI=1S/C33H47N3O4S/c1-7-10-18-34(16-8-2)32(40)29-33-23(6)20-26(41-33)27(28(33)31(39)36(29)25(21-37)19-22(4)5)30(38)35(17-9-3)24-14-12-11-13-15-24/h8-9,11-15,22-23,25-29,37H,2-3,7,10,16-21H2,1,4-6H3/t23?,25-,26+,27-,28+,29?,33?/m1/s1. The first-order valence-electron chi connectivity index (χ1n) is 15.2. The maximum absolute atomic E-state index is 14.7. The van der Waals surface area contributed by atoms with E-state index < -0.39 is 28.7 Å². The van der Waals surface area contributed by atoms with E-state index in [0.717, 1.165) is 24.9 Å². The van der Waals surface area contributed by atoms with E-state index in [0.29, 0.717) is 26.1 Å². The molecular formula is C33H47N3O4S. The smallest absolute Gasteiger partial charge is 0.247 e. The van der Waals surface area contributed by atoms with Crippen molar-refractivity contribution in [1.82, 2.24) is 9.80 Å². The fourth-order valence-electron chi connectivity index (χ4n) is 7.44. The Labute approximate surface area is 250 Å². The minimum atomic E-state index is -0.736. The van der Waals surface area contributed by atoms with Gasteiger partial charge in [-0.2, -0.15) is 0 Å². The SMILES string of the molecule is C=CCN(CCCC)C(=O)C1N([C@@H](CO)CC(C)C)C(=O)[C@@H]2[C@H](C(=O)N(CC=C)c3ccccc3)[C@@H]3CC(C)C12S3. The molecule has 1 aromatic carbocycles. The molecule has 3 saturated heterocycles. The van der Waals surface area contributed by atoms with Gasteiger partial charge in [0.25, 0.3) is 0 Å². The first kappa shape index (κ1) is 31.4. The fraction of sp³-hybridized carbons (Fsp3) is 0.606. The Bertz CT molecular complexity index is 1130. The normalized spacial score (nSPS) is 29.0. The van der Waals surface area contributed by atoms with Crippen molar-refractivity contribution in [3.8, 4) is 0 Å². The van der Waals surface area contributed by atoms with Crippen molar-refractivity contribution >= 4 is 35.2 Å². The van der Waals surface area contributed by atoms with E-state index in [1.54, 1.807) is 33.7 Å². The lowest BCUT2D eigenvalue weighted by molar-refractivity contribution is -0.146. The molecule has 7 nitrogen and oxygen atoms in total. The van der Waals surface area contributed by atoms with Crippen molar-refractivity contribution in [2.24, 2.45) is 23.7 Å². The second kappa shape index (κ2) is 13.2. The van der Waals surface area contributed by atoms with Crippen LogP contribution in [0.25, 0.3) is 0 Å². The van der Waals surface area contributed by atoms with Crippen LogP contribution in [0.2, 0.25) is 0 Å². The number of hydrogen-bond acceptors (Lipinski definition) is 5. The molecule has 3 aliphatic heterocycles. The van der Waals surface area contributed by atoms with Gasteiger partial charge in [0.15, 0.2) is 0 Å². The van der Waals surface area contributed by atoms with Gasteiger partial charge >= 0.3 is 0 Å². The highest BCUT2D eigenvalue weighted by molar-refractivity contribution is 8.02. The minimum absolute atomic E-state index is 0.0545. The summed E-state index contributed by atoms with van der Waals surface area (Å²) in [5.74, 6) is -1.24. The number of rotatable bonds is 14. The molecule has 3 heterocycles. The molecule has 41 heavy (non-hydrogen) atoms. The average molecular weight is 582 g/mol. The predicted molar refractivity (Wildman–Crippen MR) is 167 cm³/mol. The van der Waals surface area contributed by atoms with E-state index >= 15 is 0 Å². The van der Waals surface area contributed by atoms with Gasteiger partial charge in [0.05, 0.1) is 29.2 Å². The number of aliphatic hydroxyl groups excluding tert-OH is 1. The van der Waals surface area contributed by atoms with Gasteiger partial charge in [-0.3, -0.25) is 14.4 Å². The summed E-state index contributed by atoms with van der Waals surface area (Å²) in [4.78, 5) is 48.9. The molecule has 224 valence electrons. The molecule has 3 fully saturated rings. The van der Waals surface area contributed by atoms with Gasteiger partial charge in [0.2, 0.25) is 17.7 Å². The lowest BCUT2D eigenvalue weighted by atomic mass is 9.65. The van der Waals surface area contributed by atoms with Gasteiger partial charge in [-0.05, 0) is 43.2 Å². The Morgan fingerprint density at radius 2 is 1.85 bits per heavy atom. The zero-order chi connectivity index (χ0) is 29.9. The van der Waals surface area contributed by atoms with Gasteiger partial charge < -0.3 is 19.8 Å². The summed E-state index contributed by atoms with van der Waals surface area (Å²) in [6.07, 6.45) is 6.60. The monoisotopic (exact) mass is 581 g/mol. The number of fused-ring (bicyclic) bond motifs is 1. The summed E-state index contributed by atoms with van der Waals surface area (Å²) in [7, 11) is 0. The molecular weight excluding hydrogens is 534 g/mol. The second-order valence-electron chi connectivity index (χ2n) is 12.3. The Kier molecular flexibility index (Phi) is 10.1. The Morgan fingerprint density at radius 1 is 1.17 bits per heavy atom. The molecule has 3 aliphatic rings. The largest absolute Gasteiger partial charge is 0.394 e. The molecule has 1 aromatic rings. The number of unbranched alkanes of at least 4 members (excludes halogenated alkanes) is 1. The lowest BCUT2D eigenvalue weighted by Crippen LogP contribution is -2.59. The molecule has 4 rings (SSSR count). The highest BCUT2D eigenvalue weighted by Gasteiger charge is 2.77. The molecule has 1 N–H and O–H groups in total. The van der Waals surface area contributed by atoms with Crippen molar-refractivity contribution in [3.05, 3.63) is 55.6 Å². The van der Waals surface area contributed by atoms with Gasteiger partial charge in [0, 0.05) is 30.6 Å². The molecule has 0 saturated carbocycles. The van der Waals surface area contributed by atoms with Crippen LogP contribution in [0.3, 0.4) is 0 Å². The number of anilines is 1. The van der Waals surface area contributed by atoms with Crippen molar-refractivity contribution in [1.29, 1.82) is 0 Å². The molecule has 8 heteroatoms. The third-order valence-electron chi connectivity index (χ3n) is 9.14. The lowest BCUT2D eigenvalue weighted by Gasteiger charge is -2.42. The topological polar surface area (TPSA) is 81.2 Å². The van der Waals surface area contributed by atoms with Crippen LogP contribution < -0.4 is 4.90 Å².